The van der Waals surface area contributed by atoms with Crippen LogP contribution in [0, 0.1) is 0 Å². The molecule has 2 aromatic rings. The van der Waals surface area contributed by atoms with E-state index in [9.17, 15) is 4.79 Å². The summed E-state index contributed by atoms with van der Waals surface area (Å²) in [5, 5.41) is 3.45. The minimum Gasteiger partial charge on any atom is -0.382 e. The topological polar surface area (TPSA) is 81.1 Å². The van der Waals surface area contributed by atoms with E-state index in [1.807, 2.05) is 30.3 Å². The van der Waals surface area contributed by atoms with Crippen molar-refractivity contribution in [1.29, 1.82) is 0 Å². The van der Waals surface area contributed by atoms with Crippen LogP contribution < -0.4 is 16.8 Å². The highest BCUT2D eigenvalue weighted by Crippen LogP contribution is 2.24. The van der Waals surface area contributed by atoms with Gasteiger partial charge in [-0.25, -0.2) is 0 Å². The average Bonchev–Trinajstić information content (AvgIpc) is 2.45. The van der Waals surface area contributed by atoms with Crippen molar-refractivity contribution in [3.05, 3.63) is 64.7 Å². The molecule has 20 heavy (non-hydrogen) atoms. The first kappa shape index (κ1) is 14.4. The molecule has 0 spiro atoms. The number of benzene rings is 2. The van der Waals surface area contributed by atoms with Crippen LogP contribution >= 0.6 is 11.6 Å². The van der Waals surface area contributed by atoms with Crippen LogP contribution in [0.2, 0.25) is 5.02 Å². The summed E-state index contributed by atoms with van der Waals surface area (Å²) in [7, 11) is 0. The molecule has 0 saturated carbocycles. The van der Waals surface area contributed by atoms with Gasteiger partial charge in [-0.1, -0.05) is 48.0 Å². The fourth-order valence-corrected chi connectivity index (χ4v) is 2.23. The predicted molar refractivity (Wildman–Crippen MR) is 81.8 cm³/mol. The summed E-state index contributed by atoms with van der Waals surface area (Å²) in [4.78, 5) is 11.4. The third-order valence-electron chi connectivity index (χ3n) is 3.00. The first-order chi connectivity index (χ1) is 9.59. The average molecular weight is 290 g/mol. The summed E-state index contributed by atoms with van der Waals surface area (Å²) >= 11 is 5.98. The summed E-state index contributed by atoms with van der Waals surface area (Å²) in [5.74, 6) is -0.564. The number of nitrogens with two attached hydrogens (primary N) is 2. The quantitative estimate of drug-likeness (QED) is 0.791. The van der Waals surface area contributed by atoms with E-state index >= 15 is 0 Å². The highest BCUT2D eigenvalue weighted by atomic mass is 35.5. The van der Waals surface area contributed by atoms with E-state index in [1.165, 1.54) is 0 Å². The van der Waals surface area contributed by atoms with Crippen molar-refractivity contribution in [2.45, 2.75) is 6.04 Å². The number of hydrogen-bond acceptors (Lipinski definition) is 3. The van der Waals surface area contributed by atoms with E-state index in [4.69, 9.17) is 23.1 Å². The Labute approximate surface area is 122 Å². The van der Waals surface area contributed by atoms with Crippen molar-refractivity contribution < 1.29 is 4.79 Å². The van der Waals surface area contributed by atoms with Gasteiger partial charge in [0.25, 0.3) is 5.91 Å². The molecule has 0 fully saturated rings. The minimum atomic E-state index is -0.564. The van der Waals surface area contributed by atoms with Crippen LogP contribution in [0.4, 0.5) is 5.69 Å². The Balaban J connectivity index is 2.12. The highest BCUT2D eigenvalue weighted by molar-refractivity contribution is 6.34. The van der Waals surface area contributed by atoms with E-state index in [1.54, 1.807) is 18.2 Å². The zero-order valence-corrected chi connectivity index (χ0v) is 11.6. The first-order valence-corrected chi connectivity index (χ1v) is 6.60. The molecule has 0 radical (unpaired) electrons. The second-order valence-corrected chi connectivity index (χ2v) is 4.83. The Morgan fingerprint density at radius 1 is 1.15 bits per heavy atom. The lowest BCUT2D eigenvalue weighted by Gasteiger charge is -2.16. The molecule has 0 bridgehead atoms. The van der Waals surface area contributed by atoms with Crippen molar-refractivity contribution in [3.63, 3.8) is 0 Å². The molecule has 1 unspecified atom stereocenters. The number of carbonyl (C=O) groups excluding carboxylic acids is 1. The molecular formula is C15H16ClN3O. The Bertz CT molecular complexity index is 601. The second kappa shape index (κ2) is 6.41. The Kier molecular flexibility index (Phi) is 4.61. The number of nitrogens with one attached hydrogen (secondary N) is 1. The highest BCUT2D eigenvalue weighted by Gasteiger charge is 2.13. The van der Waals surface area contributed by atoms with Crippen molar-refractivity contribution in [1.82, 2.24) is 0 Å². The van der Waals surface area contributed by atoms with Gasteiger partial charge in [0.1, 0.15) is 0 Å². The van der Waals surface area contributed by atoms with Gasteiger partial charge in [0.15, 0.2) is 0 Å². The fraction of sp³-hybridized carbons (Fsp3) is 0.133. The van der Waals surface area contributed by atoms with Gasteiger partial charge in [0, 0.05) is 18.3 Å². The van der Waals surface area contributed by atoms with Crippen LogP contribution in [0.1, 0.15) is 22.0 Å². The number of carbonyl (C=O) groups is 1. The summed E-state index contributed by atoms with van der Waals surface area (Å²) in [6.07, 6.45) is 0. The maximum absolute atomic E-state index is 11.4. The fourth-order valence-electron chi connectivity index (χ4n) is 1.96. The number of hydrogen-bond donors (Lipinski definition) is 3. The van der Waals surface area contributed by atoms with E-state index in [0.29, 0.717) is 17.3 Å². The van der Waals surface area contributed by atoms with Gasteiger partial charge >= 0.3 is 0 Å². The molecule has 5 N–H and O–H groups in total. The number of amides is 1. The lowest BCUT2D eigenvalue weighted by molar-refractivity contribution is 0.100. The molecule has 0 aliphatic heterocycles. The molecule has 1 amide bonds. The Hall–Kier alpha value is -2.04. The summed E-state index contributed by atoms with van der Waals surface area (Å²) in [6, 6.07) is 14.7. The normalized spacial score (nSPS) is 11.9. The van der Waals surface area contributed by atoms with Crippen LogP contribution in [-0.2, 0) is 0 Å². The number of anilines is 1. The lowest BCUT2D eigenvalue weighted by Crippen LogP contribution is -2.22. The number of rotatable bonds is 5. The summed E-state index contributed by atoms with van der Waals surface area (Å²) in [6.45, 7) is 0.477. The van der Waals surface area contributed by atoms with Gasteiger partial charge in [-0.05, 0) is 17.7 Å². The van der Waals surface area contributed by atoms with Crippen molar-refractivity contribution in [2.75, 3.05) is 11.9 Å². The van der Waals surface area contributed by atoms with Gasteiger partial charge in [0.2, 0.25) is 0 Å². The summed E-state index contributed by atoms with van der Waals surface area (Å²) in [5.41, 5.74) is 13.3. The summed E-state index contributed by atoms with van der Waals surface area (Å²) < 4.78 is 0. The van der Waals surface area contributed by atoms with Crippen LogP contribution in [0.5, 0.6) is 0 Å². The van der Waals surface area contributed by atoms with E-state index in [-0.39, 0.29) is 11.6 Å². The van der Waals surface area contributed by atoms with Crippen LogP contribution in [0.15, 0.2) is 48.5 Å². The third-order valence-corrected chi connectivity index (χ3v) is 3.32. The standard InChI is InChI=1S/C15H16ClN3O/c16-11-7-4-8-13(14(11)15(18)20)19-9-12(17)10-5-2-1-3-6-10/h1-8,12,19H,9,17H2,(H2,18,20). The molecule has 0 saturated heterocycles. The van der Waals surface area contributed by atoms with Gasteiger partial charge < -0.3 is 16.8 Å². The van der Waals surface area contributed by atoms with Crippen LogP contribution in [-0.4, -0.2) is 12.5 Å². The molecule has 1 atom stereocenters. The molecule has 5 heteroatoms. The maximum atomic E-state index is 11.4. The monoisotopic (exact) mass is 289 g/mol. The van der Waals surface area contributed by atoms with Crippen LogP contribution in [0.3, 0.4) is 0 Å². The molecule has 0 aliphatic rings. The Morgan fingerprint density at radius 3 is 2.50 bits per heavy atom. The maximum Gasteiger partial charge on any atom is 0.252 e. The lowest BCUT2D eigenvalue weighted by atomic mass is 10.1. The van der Waals surface area contributed by atoms with Gasteiger partial charge in [0.05, 0.1) is 10.6 Å². The zero-order valence-electron chi connectivity index (χ0n) is 10.8. The van der Waals surface area contributed by atoms with Crippen molar-refractivity contribution in [3.8, 4) is 0 Å². The molecule has 0 aromatic heterocycles. The van der Waals surface area contributed by atoms with Gasteiger partial charge in [-0.3, -0.25) is 4.79 Å². The number of primary amides is 1. The van der Waals surface area contributed by atoms with E-state index in [2.05, 4.69) is 5.32 Å². The van der Waals surface area contributed by atoms with Gasteiger partial charge in [-0.15, -0.1) is 0 Å². The molecule has 0 heterocycles. The molecule has 4 nitrogen and oxygen atoms in total. The molecule has 2 aromatic carbocycles. The van der Waals surface area contributed by atoms with E-state index in [0.717, 1.165) is 5.56 Å². The number of halogens is 1. The zero-order chi connectivity index (χ0) is 14.5. The Morgan fingerprint density at radius 2 is 1.85 bits per heavy atom. The minimum absolute atomic E-state index is 0.184. The first-order valence-electron chi connectivity index (χ1n) is 6.22. The molecular weight excluding hydrogens is 274 g/mol. The largest absolute Gasteiger partial charge is 0.382 e. The second-order valence-electron chi connectivity index (χ2n) is 4.42. The van der Waals surface area contributed by atoms with E-state index < -0.39 is 5.91 Å². The smallest absolute Gasteiger partial charge is 0.252 e. The molecule has 2 rings (SSSR count). The van der Waals surface area contributed by atoms with Crippen molar-refractivity contribution >= 4 is 23.2 Å². The van der Waals surface area contributed by atoms with Crippen molar-refractivity contribution in [2.24, 2.45) is 11.5 Å². The third kappa shape index (κ3) is 3.29. The predicted octanol–water partition coefficient (Wildman–Crippen LogP) is 2.55. The van der Waals surface area contributed by atoms with Gasteiger partial charge in [-0.2, -0.15) is 0 Å². The molecule has 0 aliphatic carbocycles. The van der Waals surface area contributed by atoms with Crippen LogP contribution in [0.25, 0.3) is 0 Å². The molecule has 104 valence electrons. The SMILES string of the molecule is NC(=O)c1c(Cl)cccc1NCC(N)c1ccccc1.